The van der Waals surface area contributed by atoms with E-state index in [-0.39, 0.29) is 6.04 Å². The summed E-state index contributed by atoms with van der Waals surface area (Å²) in [6.45, 7) is 7.53. The van der Waals surface area contributed by atoms with Gasteiger partial charge in [-0.3, -0.25) is 0 Å². The molecule has 1 aromatic carbocycles. The number of amidine groups is 1. The molecule has 1 saturated heterocycles. The van der Waals surface area contributed by atoms with E-state index in [1.54, 1.807) is 11.8 Å². The molecule has 0 bridgehead atoms. The highest BCUT2D eigenvalue weighted by molar-refractivity contribution is 8.14. The van der Waals surface area contributed by atoms with Crippen LogP contribution in [0.3, 0.4) is 0 Å². The Morgan fingerprint density at radius 3 is 2.42 bits per heavy atom. The zero-order valence-corrected chi connectivity index (χ0v) is 12.4. The minimum Gasteiger partial charge on any atom is -0.343 e. The van der Waals surface area contributed by atoms with Crippen molar-refractivity contribution in [2.45, 2.75) is 32.7 Å². The summed E-state index contributed by atoms with van der Waals surface area (Å²) in [5.74, 6) is 1.57. The van der Waals surface area contributed by atoms with Crippen LogP contribution in [-0.4, -0.2) is 22.4 Å². The van der Waals surface area contributed by atoms with E-state index in [1.165, 1.54) is 11.1 Å². The highest BCUT2D eigenvalue weighted by Gasteiger charge is 2.25. The SMILES string of the molecule is CC(C)c1ccc(C(C)N2CCSC2=NC#N)cc1. The van der Waals surface area contributed by atoms with Gasteiger partial charge in [0.15, 0.2) is 5.17 Å². The molecule has 2 rings (SSSR count). The Balaban J connectivity index is 2.17. The first kappa shape index (κ1) is 14.0. The third-order valence-corrected chi connectivity index (χ3v) is 4.48. The number of thioether (sulfide) groups is 1. The Labute approximate surface area is 119 Å². The Kier molecular flexibility index (Phi) is 4.49. The zero-order chi connectivity index (χ0) is 13.8. The number of aliphatic imine (C=N–C) groups is 1. The fourth-order valence-electron chi connectivity index (χ4n) is 2.25. The maximum atomic E-state index is 8.72. The molecule has 1 heterocycles. The monoisotopic (exact) mass is 273 g/mol. The van der Waals surface area contributed by atoms with E-state index in [0.29, 0.717) is 5.92 Å². The van der Waals surface area contributed by atoms with E-state index in [9.17, 15) is 0 Å². The third-order valence-electron chi connectivity index (χ3n) is 3.51. The molecule has 0 N–H and O–H groups in total. The number of nitriles is 1. The summed E-state index contributed by atoms with van der Waals surface area (Å²) in [4.78, 5) is 6.12. The molecule has 0 aromatic heterocycles. The van der Waals surface area contributed by atoms with Gasteiger partial charge in [0, 0.05) is 12.3 Å². The lowest BCUT2D eigenvalue weighted by atomic mass is 9.99. The maximum absolute atomic E-state index is 8.72. The molecule has 1 atom stereocenters. The van der Waals surface area contributed by atoms with Crippen molar-refractivity contribution in [3.63, 3.8) is 0 Å². The average Bonchev–Trinajstić information content (AvgIpc) is 2.87. The van der Waals surface area contributed by atoms with E-state index >= 15 is 0 Å². The topological polar surface area (TPSA) is 39.4 Å². The predicted molar refractivity (Wildman–Crippen MR) is 81.2 cm³/mol. The molecule has 4 heteroatoms. The first-order valence-corrected chi connectivity index (χ1v) is 7.58. The van der Waals surface area contributed by atoms with Gasteiger partial charge >= 0.3 is 0 Å². The van der Waals surface area contributed by atoms with E-state index in [0.717, 1.165) is 17.5 Å². The molecular weight excluding hydrogens is 254 g/mol. The van der Waals surface area contributed by atoms with E-state index in [2.05, 4.69) is 54.9 Å². The van der Waals surface area contributed by atoms with Gasteiger partial charge in [-0.2, -0.15) is 5.26 Å². The summed E-state index contributed by atoms with van der Waals surface area (Å²) in [6.07, 6.45) is 1.90. The van der Waals surface area contributed by atoms with Crippen molar-refractivity contribution in [1.82, 2.24) is 4.90 Å². The molecule has 0 aliphatic carbocycles. The summed E-state index contributed by atoms with van der Waals surface area (Å²) < 4.78 is 0. The molecule has 100 valence electrons. The molecule has 0 spiro atoms. The van der Waals surface area contributed by atoms with Crippen LogP contribution in [0, 0.1) is 11.5 Å². The second kappa shape index (κ2) is 6.12. The molecule has 1 aliphatic rings. The van der Waals surface area contributed by atoms with E-state index in [1.807, 2.05) is 6.19 Å². The van der Waals surface area contributed by atoms with Gasteiger partial charge in [0.05, 0.1) is 6.04 Å². The minimum absolute atomic E-state index is 0.267. The van der Waals surface area contributed by atoms with Crippen LogP contribution in [0.25, 0.3) is 0 Å². The number of hydrogen-bond donors (Lipinski definition) is 0. The van der Waals surface area contributed by atoms with Crippen LogP contribution in [0.1, 0.15) is 43.9 Å². The predicted octanol–water partition coefficient (Wildman–Crippen LogP) is 3.76. The molecule has 1 aromatic rings. The fraction of sp³-hybridized carbons (Fsp3) is 0.467. The van der Waals surface area contributed by atoms with E-state index in [4.69, 9.17) is 5.26 Å². The van der Waals surface area contributed by atoms with Crippen molar-refractivity contribution in [3.8, 4) is 6.19 Å². The first-order valence-electron chi connectivity index (χ1n) is 6.59. The standard InChI is InChI=1S/C15H19N3S/c1-11(2)13-4-6-14(7-5-13)12(3)18-8-9-19-15(18)17-10-16/h4-7,11-12H,8-9H2,1-3H3. The number of hydrogen-bond acceptors (Lipinski definition) is 3. The van der Waals surface area contributed by atoms with Crippen LogP contribution in [0.5, 0.6) is 0 Å². The number of rotatable bonds is 3. The van der Waals surface area contributed by atoms with Crippen LogP contribution >= 0.6 is 11.8 Å². The van der Waals surface area contributed by atoms with Crippen molar-refractivity contribution < 1.29 is 0 Å². The molecule has 19 heavy (non-hydrogen) atoms. The first-order chi connectivity index (χ1) is 9.13. The molecule has 1 aliphatic heterocycles. The van der Waals surface area contributed by atoms with Crippen molar-refractivity contribution >= 4 is 16.9 Å². The Hall–Kier alpha value is -1.47. The van der Waals surface area contributed by atoms with Gasteiger partial charge in [-0.25, -0.2) is 0 Å². The van der Waals surface area contributed by atoms with Crippen molar-refractivity contribution in [1.29, 1.82) is 5.26 Å². The quantitative estimate of drug-likeness (QED) is 0.787. The summed E-state index contributed by atoms with van der Waals surface area (Å²) >= 11 is 1.66. The maximum Gasteiger partial charge on any atom is 0.208 e. The highest BCUT2D eigenvalue weighted by Crippen LogP contribution is 2.29. The Bertz CT molecular complexity index is 499. The van der Waals surface area contributed by atoms with Crippen LogP contribution in [0.15, 0.2) is 29.3 Å². The molecule has 0 radical (unpaired) electrons. The van der Waals surface area contributed by atoms with Gasteiger partial charge in [-0.05, 0) is 24.0 Å². The number of benzene rings is 1. The largest absolute Gasteiger partial charge is 0.343 e. The lowest BCUT2D eigenvalue weighted by Crippen LogP contribution is -2.27. The molecule has 1 unspecified atom stereocenters. The molecule has 1 fully saturated rings. The molecule has 0 amide bonds. The second-order valence-corrected chi connectivity index (χ2v) is 6.10. The van der Waals surface area contributed by atoms with Crippen LogP contribution in [0.4, 0.5) is 0 Å². The van der Waals surface area contributed by atoms with Crippen LogP contribution < -0.4 is 0 Å². The fourth-order valence-corrected chi connectivity index (χ4v) is 3.24. The lowest BCUT2D eigenvalue weighted by molar-refractivity contribution is 0.370. The van der Waals surface area contributed by atoms with Gasteiger partial charge in [-0.1, -0.05) is 49.9 Å². The smallest absolute Gasteiger partial charge is 0.208 e. The van der Waals surface area contributed by atoms with Crippen molar-refractivity contribution in [2.24, 2.45) is 4.99 Å². The highest BCUT2D eigenvalue weighted by atomic mass is 32.2. The third kappa shape index (κ3) is 3.10. The van der Waals surface area contributed by atoms with Crippen molar-refractivity contribution in [2.75, 3.05) is 12.3 Å². The molecule has 0 saturated carbocycles. The van der Waals surface area contributed by atoms with Crippen molar-refractivity contribution in [3.05, 3.63) is 35.4 Å². The summed E-state index contributed by atoms with van der Waals surface area (Å²) in [5.41, 5.74) is 2.63. The minimum atomic E-state index is 0.267. The summed E-state index contributed by atoms with van der Waals surface area (Å²) in [5, 5.41) is 9.57. The molecule has 3 nitrogen and oxygen atoms in total. The average molecular weight is 273 g/mol. The van der Waals surface area contributed by atoms with Crippen LogP contribution in [0.2, 0.25) is 0 Å². The van der Waals surface area contributed by atoms with Gasteiger partial charge in [0.1, 0.15) is 0 Å². The second-order valence-electron chi connectivity index (χ2n) is 5.03. The van der Waals surface area contributed by atoms with Gasteiger partial charge in [0.2, 0.25) is 6.19 Å². The van der Waals surface area contributed by atoms with Gasteiger partial charge < -0.3 is 4.90 Å². The Morgan fingerprint density at radius 2 is 1.84 bits per heavy atom. The van der Waals surface area contributed by atoms with Crippen LogP contribution in [-0.2, 0) is 0 Å². The van der Waals surface area contributed by atoms with Gasteiger partial charge in [0.25, 0.3) is 0 Å². The van der Waals surface area contributed by atoms with E-state index < -0.39 is 0 Å². The summed E-state index contributed by atoms with van der Waals surface area (Å²) in [7, 11) is 0. The summed E-state index contributed by atoms with van der Waals surface area (Å²) in [6, 6.07) is 9.03. The zero-order valence-electron chi connectivity index (χ0n) is 11.6. The molecular formula is C15H19N3S. The number of nitrogens with zero attached hydrogens (tertiary/aromatic N) is 3. The van der Waals surface area contributed by atoms with Gasteiger partial charge in [-0.15, -0.1) is 4.99 Å². The lowest BCUT2D eigenvalue weighted by Gasteiger charge is -2.26. The normalized spacial score (nSPS) is 18.9. The Morgan fingerprint density at radius 1 is 1.21 bits per heavy atom.